The molecule has 0 aromatic carbocycles. The number of aryl methyl sites for hydroxylation is 1. The molecule has 5 rings (SSSR count). The van der Waals surface area contributed by atoms with Crippen molar-refractivity contribution in [3.8, 4) is 0 Å². The summed E-state index contributed by atoms with van der Waals surface area (Å²) in [6.07, 6.45) is 10.1. The minimum atomic E-state index is 0.233. The fraction of sp³-hybridized carbons (Fsp3) is 0.381. The minimum absolute atomic E-state index is 0.233. The summed E-state index contributed by atoms with van der Waals surface area (Å²) in [7, 11) is 0. The molecule has 0 spiro atoms. The van der Waals surface area contributed by atoms with Crippen LogP contribution in [0.25, 0.3) is 21.9 Å². The third kappa shape index (κ3) is 2.99. The Bertz CT molecular complexity index is 1110. The maximum absolute atomic E-state index is 12.8. The fourth-order valence-corrected chi connectivity index (χ4v) is 4.94. The molecule has 1 fully saturated rings. The zero-order valence-electron chi connectivity index (χ0n) is 15.8. The van der Waals surface area contributed by atoms with Crippen LogP contribution in [0.3, 0.4) is 0 Å². The molecule has 0 unspecified atom stereocenters. The van der Waals surface area contributed by atoms with E-state index in [0.717, 1.165) is 47.4 Å². The van der Waals surface area contributed by atoms with Crippen LogP contribution in [-0.2, 0) is 11.2 Å². The standard InChI is InChI=1S/C21H23N5OS/c1-14-5-9-25(19(27)3-2-18-22-8-11-28-18)13-17(14)26-10-6-15-12-24-21-16(20(15)26)4-7-23-21/h4,6-8,10-12,14,17H,2-3,5,9,13H2,1H3,(H,23,24)/t14-,17+/m1/s1. The van der Waals surface area contributed by atoms with E-state index in [1.807, 2.05) is 22.7 Å². The van der Waals surface area contributed by atoms with Crippen LogP contribution in [0.1, 0.15) is 30.8 Å². The molecule has 0 bridgehead atoms. The number of hydrogen-bond acceptors (Lipinski definition) is 4. The van der Waals surface area contributed by atoms with Gasteiger partial charge in [0.15, 0.2) is 0 Å². The number of rotatable bonds is 4. The van der Waals surface area contributed by atoms with Crippen molar-refractivity contribution < 1.29 is 4.79 Å². The predicted octanol–water partition coefficient (Wildman–Crippen LogP) is 4.02. The van der Waals surface area contributed by atoms with Gasteiger partial charge in [-0.1, -0.05) is 6.92 Å². The lowest BCUT2D eigenvalue weighted by atomic mass is 9.92. The number of piperidine rings is 1. The smallest absolute Gasteiger partial charge is 0.223 e. The van der Waals surface area contributed by atoms with Gasteiger partial charge in [-0.15, -0.1) is 11.3 Å². The molecule has 0 saturated carbocycles. The molecule has 4 aromatic rings. The third-order valence-electron chi connectivity index (χ3n) is 5.92. The summed E-state index contributed by atoms with van der Waals surface area (Å²) in [6, 6.07) is 4.49. The van der Waals surface area contributed by atoms with E-state index in [0.29, 0.717) is 12.3 Å². The Kier molecular flexibility index (Phi) is 4.39. The van der Waals surface area contributed by atoms with Crippen LogP contribution < -0.4 is 0 Å². The molecule has 0 aliphatic carbocycles. The Morgan fingerprint density at radius 2 is 2.29 bits per heavy atom. The number of aromatic nitrogens is 4. The first-order valence-electron chi connectivity index (χ1n) is 9.79. The maximum Gasteiger partial charge on any atom is 0.223 e. The lowest BCUT2D eigenvalue weighted by Gasteiger charge is -2.38. The van der Waals surface area contributed by atoms with Gasteiger partial charge in [0.05, 0.1) is 16.6 Å². The van der Waals surface area contributed by atoms with E-state index in [1.54, 1.807) is 17.5 Å². The quantitative estimate of drug-likeness (QED) is 0.569. The van der Waals surface area contributed by atoms with Crippen molar-refractivity contribution in [2.75, 3.05) is 13.1 Å². The van der Waals surface area contributed by atoms with Gasteiger partial charge in [-0.2, -0.15) is 0 Å². The van der Waals surface area contributed by atoms with Crippen molar-refractivity contribution in [1.29, 1.82) is 0 Å². The largest absolute Gasteiger partial charge is 0.346 e. The molecule has 1 amide bonds. The molecule has 7 heteroatoms. The van der Waals surface area contributed by atoms with E-state index in [9.17, 15) is 4.79 Å². The molecule has 1 aliphatic heterocycles. The van der Waals surface area contributed by atoms with Gasteiger partial charge in [0.25, 0.3) is 0 Å². The first kappa shape index (κ1) is 17.4. The van der Waals surface area contributed by atoms with E-state index in [1.165, 1.54) is 5.52 Å². The summed E-state index contributed by atoms with van der Waals surface area (Å²) in [4.78, 5) is 26.9. The van der Waals surface area contributed by atoms with Gasteiger partial charge in [0.1, 0.15) is 5.65 Å². The molecule has 144 valence electrons. The molecular formula is C21H23N5OS. The SMILES string of the molecule is C[C@@H]1CCN(C(=O)CCc2nccs2)C[C@@H]1n1ccc2cnc3[nH]ccc3c21. The first-order valence-corrected chi connectivity index (χ1v) is 10.7. The highest BCUT2D eigenvalue weighted by Gasteiger charge is 2.30. The number of thiazole rings is 1. The Balaban J connectivity index is 1.41. The van der Waals surface area contributed by atoms with Crippen molar-refractivity contribution in [3.63, 3.8) is 0 Å². The van der Waals surface area contributed by atoms with Crippen molar-refractivity contribution in [1.82, 2.24) is 24.4 Å². The van der Waals surface area contributed by atoms with Gasteiger partial charge in [0.2, 0.25) is 5.91 Å². The highest BCUT2D eigenvalue weighted by Crippen LogP contribution is 2.34. The molecule has 5 heterocycles. The average molecular weight is 394 g/mol. The van der Waals surface area contributed by atoms with Crippen LogP contribution in [0.15, 0.2) is 42.3 Å². The summed E-state index contributed by atoms with van der Waals surface area (Å²) in [6.45, 7) is 3.90. The fourth-order valence-electron chi connectivity index (χ4n) is 4.32. The number of amides is 1. The van der Waals surface area contributed by atoms with Gasteiger partial charge >= 0.3 is 0 Å². The second kappa shape index (κ2) is 7.05. The molecule has 1 N–H and O–H groups in total. The Morgan fingerprint density at radius 3 is 3.14 bits per heavy atom. The predicted molar refractivity (Wildman–Crippen MR) is 111 cm³/mol. The number of carbonyl (C=O) groups is 1. The molecule has 6 nitrogen and oxygen atoms in total. The number of aromatic amines is 1. The Labute approximate surface area is 167 Å². The highest BCUT2D eigenvalue weighted by molar-refractivity contribution is 7.09. The normalized spacial score (nSPS) is 20.2. The van der Waals surface area contributed by atoms with Gasteiger partial charge in [-0.25, -0.2) is 9.97 Å². The Morgan fingerprint density at radius 1 is 1.36 bits per heavy atom. The third-order valence-corrected chi connectivity index (χ3v) is 6.76. The maximum atomic E-state index is 12.8. The van der Waals surface area contributed by atoms with Gasteiger partial charge in [-0.05, 0) is 24.5 Å². The zero-order chi connectivity index (χ0) is 19.1. The number of pyridine rings is 1. The topological polar surface area (TPSA) is 66.8 Å². The van der Waals surface area contributed by atoms with E-state index < -0.39 is 0 Å². The first-order chi connectivity index (χ1) is 13.7. The number of nitrogens with one attached hydrogen (secondary N) is 1. The molecule has 2 atom stereocenters. The summed E-state index contributed by atoms with van der Waals surface area (Å²) >= 11 is 1.62. The van der Waals surface area contributed by atoms with Crippen molar-refractivity contribution >= 4 is 39.2 Å². The number of hydrogen-bond donors (Lipinski definition) is 1. The van der Waals surface area contributed by atoms with Crippen molar-refractivity contribution in [3.05, 3.63) is 47.3 Å². The minimum Gasteiger partial charge on any atom is -0.346 e. The van der Waals surface area contributed by atoms with Crippen molar-refractivity contribution in [2.45, 2.75) is 32.2 Å². The van der Waals surface area contributed by atoms with Crippen LogP contribution in [0.4, 0.5) is 0 Å². The van der Waals surface area contributed by atoms with Gasteiger partial charge < -0.3 is 14.5 Å². The molecule has 1 saturated heterocycles. The molecule has 28 heavy (non-hydrogen) atoms. The number of H-pyrrole nitrogens is 1. The summed E-state index contributed by atoms with van der Waals surface area (Å²) in [5, 5.41) is 5.29. The van der Waals surface area contributed by atoms with Crippen LogP contribution >= 0.6 is 11.3 Å². The number of nitrogens with zero attached hydrogens (tertiary/aromatic N) is 4. The van der Waals surface area contributed by atoms with Crippen LogP contribution in [0.2, 0.25) is 0 Å². The molecule has 4 aromatic heterocycles. The second-order valence-corrected chi connectivity index (χ2v) is 8.60. The van der Waals surface area contributed by atoms with Gasteiger partial charge in [-0.3, -0.25) is 4.79 Å². The van der Waals surface area contributed by atoms with E-state index in [-0.39, 0.29) is 11.9 Å². The van der Waals surface area contributed by atoms with Gasteiger partial charge in [0, 0.05) is 66.9 Å². The molecule has 1 aliphatic rings. The lowest BCUT2D eigenvalue weighted by Crippen LogP contribution is -2.43. The Hall–Kier alpha value is -2.67. The summed E-state index contributed by atoms with van der Waals surface area (Å²) < 4.78 is 2.36. The number of likely N-dealkylation sites (tertiary alicyclic amines) is 1. The summed E-state index contributed by atoms with van der Waals surface area (Å²) in [5.74, 6) is 0.748. The van der Waals surface area contributed by atoms with Crippen LogP contribution in [-0.4, -0.2) is 43.4 Å². The summed E-state index contributed by atoms with van der Waals surface area (Å²) in [5.41, 5.74) is 2.12. The van der Waals surface area contributed by atoms with Crippen LogP contribution in [0.5, 0.6) is 0 Å². The molecule has 0 radical (unpaired) electrons. The van der Waals surface area contributed by atoms with Crippen LogP contribution in [0, 0.1) is 5.92 Å². The number of fused-ring (bicyclic) bond motifs is 3. The average Bonchev–Trinajstić information content (AvgIpc) is 3.45. The highest BCUT2D eigenvalue weighted by atomic mass is 32.1. The number of carbonyl (C=O) groups excluding carboxylic acids is 1. The van der Waals surface area contributed by atoms with Crippen molar-refractivity contribution in [2.24, 2.45) is 5.92 Å². The zero-order valence-corrected chi connectivity index (χ0v) is 16.7. The monoisotopic (exact) mass is 393 g/mol. The lowest BCUT2D eigenvalue weighted by molar-refractivity contribution is -0.133. The second-order valence-electron chi connectivity index (χ2n) is 7.62. The van der Waals surface area contributed by atoms with E-state index >= 15 is 0 Å². The molecular weight excluding hydrogens is 370 g/mol. The van der Waals surface area contributed by atoms with E-state index in [2.05, 4.69) is 44.8 Å². The van der Waals surface area contributed by atoms with E-state index in [4.69, 9.17) is 0 Å².